The van der Waals surface area contributed by atoms with Crippen molar-refractivity contribution in [1.82, 2.24) is 15.0 Å². The van der Waals surface area contributed by atoms with Gasteiger partial charge in [0.05, 0.1) is 16.3 Å². The van der Waals surface area contributed by atoms with Crippen molar-refractivity contribution >= 4 is 11.8 Å². The first-order chi connectivity index (χ1) is 19.0. The van der Waals surface area contributed by atoms with E-state index in [-0.39, 0.29) is 37.6 Å². The number of nitrogens with zero attached hydrogens (tertiary/aromatic N) is 3. The summed E-state index contributed by atoms with van der Waals surface area (Å²) in [5.74, 6) is 0.710. The molecule has 41 heavy (non-hydrogen) atoms. The molecular formula is C35H34N3OPtS-. The monoisotopic (exact) mass is 739 g/mol. The first kappa shape index (κ1) is 30.7. The molecule has 2 aromatic heterocycles. The third-order valence-corrected chi connectivity index (χ3v) is 7.63. The Morgan fingerprint density at radius 3 is 2.10 bits per heavy atom. The second kappa shape index (κ2) is 12.3. The standard InChI is InChI=1S/C35H34N3OS.Pt/c1-34(2,3)25-20-27(32(39)28(21-25)35(4,5)6)33-37-29(23-13-8-7-9-14-23)22-30(38-33)24-15-12-16-26(19-24)40-31-17-10-11-18-36-31;/h7-18,20-22,39H,1-6H3;/q-1;. The van der Waals surface area contributed by atoms with Crippen molar-refractivity contribution in [3.63, 3.8) is 0 Å². The summed E-state index contributed by atoms with van der Waals surface area (Å²) in [5, 5.41) is 12.5. The molecule has 0 aliphatic rings. The fraction of sp³-hybridized carbons (Fsp3) is 0.229. The molecule has 0 radical (unpaired) electrons. The zero-order valence-corrected chi connectivity index (χ0v) is 27.3. The molecule has 212 valence electrons. The summed E-state index contributed by atoms with van der Waals surface area (Å²) in [6.45, 7) is 12.9. The minimum atomic E-state index is -0.259. The molecule has 0 saturated carbocycles. The van der Waals surface area contributed by atoms with Crippen LogP contribution in [-0.4, -0.2) is 20.1 Å². The van der Waals surface area contributed by atoms with Crippen molar-refractivity contribution in [3.8, 4) is 39.7 Å². The number of hydrogen-bond donors (Lipinski definition) is 1. The van der Waals surface area contributed by atoms with E-state index in [9.17, 15) is 5.11 Å². The molecule has 0 aliphatic carbocycles. The van der Waals surface area contributed by atoms with Crippen LogP contribution < -0.4 is 0 Å². The average Bonchev–Trinajstić information content (AvgIpc) is 2.93. The maximum atomic E-state index is 11.6. The quantitative estimate of drug-likeness (QED) is 0.182. The second-order valence-corrected chi connectivity index (χ2v) is 13.0. The summed E-state index contributed by atoms with van der Waals surface area (Å²) in [6, 6.07) is 31.7. The van der Waals surface area contributed by atoms with E-state index in [2.05, 4.69) is 58.7 Å². The van der Waals surface area contributed by atoms with Gasteiger partial charge in [-0.1, -0.05) is 107 Å². The van der Waals surface area contributed by atoms with Gasteiger partial charge in [0.1, 0.15) is 5.75 Å². The first-order valence-electron chi connectivity index (χ1n) is 13.4. The van der Waals surface area contributed by atoms with Gasteiger partial charge in [-0.15, -0.1) is 29.8 Å². The van der Waals surface area contributed by atoms with Crippen molar-refractivity contribution in [3.05, 3.63) is 108 Å². The minimum Gasteiger partial charge on any atom is -0.507 e. The van der Waals surface area contributed by atoms with E-state index in [0.717, 1.165) is 43.6 Å². The number of aromatic hydroxyl groups is 1. The van der Waals surface area contributed by atoms with Crippen LogP contribution in [-0.2, 0) is 31.9 Å². The molecule has 0 unspecified atom stereocenters. The van der Waals surface area contributed by atoms with Gasteiger partial charge in [-0.25, -0.2) is 9.97 Å². The fourth-order valence-corrected chi connectivity index (χ4v) is 5.24. The van der Waals surface area contributed by atoms with Gasteiger partial charge in [0.25, 0.3) is 0 Å². The van der Waals surface area contributed by atoms with Crippen LogP contribution in [0, 0.1) is 6.07 Å². The first-order valence-corrected chi connectivity index (χ1v) is 14.3. The van der Waals surface area contributed by atoms with Gasteiger partial charge in [-0.05, 0) is 45.8 Å². The van der Waals surface area contributed by atoms with Crippen LogP contribution in [0.1, 0.15) is 52.7 Å². The smallest absolute Gasteiger partial charge is 0.154 e. The Bertz CT molecular complexity index is 1640. The Morgan fingerprint density at radius 1 is 0.732 bits per heavy atom. The molecule has 0 aliphatic heterocycles. The van der Waals surface area contributed by atoms with Crippen LogP contribution in [0.2, 0.25) is 0 Å². The average molecular weight is 740 g/mol. The molecule has 5 aromatic rings. The van der Waals surface area contributed by atoms with E-state index in [0.29, 0.717) is 11.4 Å². The number of aromatic nitrogens is 3. The maximum absolute atomic E-state index is 11.6. The van der Waals surface area contributed by atoms with E-state index in [4.69, 9.17) is 9.97 Å². The van der Waals surface area contributed by atoms with Gasteiger partial charge >= 0.3 is 0 Å². The Hall–Kier alpha value is -3.27. The van der Waals surface area contributed by atoms with E-state index >= 15 is 0 Å². The summed E-state index contributed by atoms with van der Waals surface area (Å²) in [4.78, 5) is 15.4. The zero-order valence-electron chi connectivity index (χ0n) is 24.2. The van der Waals surface area contributed by atoms with Crippen molar-refractivity contribution in [2.75, 3.05) is 0 Å². The molecule has 0 atom stereocenters. The number of phenols is 1. The van der Waals surface area contributed by atoms with Gasteiger partial charge in [0.2, 0.25) is 0 Å². The molecule has 2 heterocycles. The summed E-state index contributed by atoms with van der Waals surface area (Å²) in [7, 11) is 0. The van der Waals surface area contributed by atoms with Gasteiger partial charge in [-0.3, -0.25) is 4.98 Å². The largest absolute Gasteiger partial charge is 0.507 e. The van der Waals surface area contributed by atoms with E-state index < -0.39 is 0 Å². The number of phenolic OH excluding ortho intramolecular Hbond substituents is 1. The number of rotatable bonds is 5. The topological polar surface area (TPSA) is 58.9 Å². The van der Waals surface area contributed by atoms with E-state index in [1.54, 1.807) is 18.0 Å². The number of pyridine rings is 1. The summed E-state index contributed by atoms with van der Waals surface area (Å²) < 4.78 is 0. The van der Waals surface area contributed by atoms with Gasteiger partial charge in [0.15, 0.2) is 5.82 Å². The Morgan fingerprint density at radius 2 is 1.44 bits per heavy atom. The predicted octanol–water partition coefficient (Wildman–Crippen LogP) is 9.12. The van der Waals surface area contributed by atoms with Crippen LogP contribution in [0.5, 0.6) is 5.75 Å². The number of benzene rings is 3. The summed E-state index contributed by atoms with van der Waals surface area (Å²) >= 11 is 1.56. The molecule has 0 spiro atoms. The third-order valence-electron chi connectivity index (χ3n) is 6.72. The second-order valence-electron chi connectivity index (χ2n) is 11.9. The molecular weight excluding hydrogens is 706 g/mol. The minimum absolute atomic E-state index is 0. The Labute approximate surface area is 262 Å². The van der Waals surface area contributed by atoms with Crippen molar-refractivity contribution < 1.29 is 26.2 Å². The molecule has 0 fully saturated rings. The molecule has 1 N–H and O–H groups in total. The molecule has 0 amide bonds. The summed E-state index contributed by atoms with van der Waals surface area (Å²) in [5.41, 5.74) is 5.62. The molecule has 6 heteroatoms. The van der Waals surface area contributed by atoms with Crippen LogP contribution in [0.3, 0.4) is 0 Å². The molecule has 5 rings (SSSR count). The van der Waals surface area contributed by atoms with Crippen molar-refractivity contribution in [2.24, 2.45) is 0 Å². The van der Waals surface area contributed by atoms with Gasteiger partial charge in [0, 0.05) is 32.8 Å². The van der Waals surface area contributed by atoms with Crippen LogP contribution in [0.15, 0.2) is 101 Å². The Kier molecular flexibility index (Phi) is 9.21. The van der Waals surface area contributed by atoms with Crippen LogP contribution in [0.25, 0.3) is 33.9 Å². The van der Waals surface area contributed by atoms with E-state index in [1.165, 1.54) is 0 Å². The van der Waals surface area contributed by atoms with Crippen molar-refractivity contribution in [1.29, 1.82) is 0 Å². The molecule has 3 aromatic carbocycles. The van der Waals surface area contributed by atoms with Gasteiger partial charge < -0.3 is 5.11 Å². The predicted molar refractivity (Wildman–Crippen MR) is 165 cm³/mol. The summed E-state index contributed by atoms with van der Waals surface area (Å²) in [6.07, 6.45) is 1.79. The van der Waals surface area contributed by atoms with Crippen LogP contribution >= 0.6 is 11.8 Å². The molecule has 0 bridgehead atoms. The Balaban J connectivity index is 0.00000387. The normalized spacial score (nSPS) is 11.7. The maximum Gasteiger partial charge on any atom is 0.154 e. The third kappa shape index (κ3) is 7.15. The van der Waals surface area contributed by atoms with E-state index in [1.807, 2.05) is 78.9 Å². The SMILES string of the molecule is CC(C)(C)c1cc(-c2nc(-c3[c-]c(Sc4ccccn4)ccc3)cc(-c3ccccc3)n2)c(O)c(C(C)(C)C)c1.[Pt]. The molecule has 4 nitrogen and oxygen atoms in total. The zero-order chi connectivity index (χ0) is 28.5. The fourth-order valence-electron chi connectivity index (χ4n) is 4.45. The number of hydrogen-bond acceptors (Lipinski definition) is 5. The molecule has 0 saturated heterocycles. The van der Waals surface area contributed by atoms with Gasteiger partial charge in [-0.2, -0.15) is 0 Å². The van der Waals surface area contributed by atoms with Crippen molar-refractivity contribution in [2.45, 2.75) is 62.3 Å². The van der Waals surface area contributed by atoms with Crippen LogP contribution in [0.4, 0.5) is 0 Å².